The Morgan fingerprint density at radius 1 is 1.21 bits per heavy atom. The van der Waals surface area contributed by atoms with Crippen LogP contribution in [0, 0.1) is 5.82 Å². The highest BCUT2D eigenvalue weighted by molar-refractivity contribution is 5.97. The first kappa shape index (κ1) is 15.9. The maximum absolute atomic E-state index is 13.4. The summed E-state index contributed by atoms with van der Waals surface area (Å²) < 4.78 is 15.0. The molecule has 122 valence electrons. The van der Waals surface area contributed by atoms with Crippen LogP contribution in [-0.2, 0) is 13.2 Å². The van der Waals surface area contributed by atoms with Gasteiger partial charge in [0.15, 0.2) is 0 Å². The number of rotatable bonds is 5. The Labute approximate surface area is 138 Å². The first-order chi connectivity index (χ1) is 11.7. The minimum atomic E-state index is -0.461. The first-order valence-electron chi connectivity index (χ1n) is 7.44. The molecule has 6 heteroatoms. The van der Waals surface area contributed by atoms with Crippen molar-refractivity contribution in [3.63, 3.8) is 0 Å². The molecule has 0 saturated heterocycles. The first-order valence-corrected chi connectivity index (χ1v) is 7.44. The number of carbonyl (C=O) groups is 1. The van der Waals surface area contributed by atoms with Gasteiger partial charge in [0, 0.05) is 24.5 Å². The van der Waals surface area contributed by atoms with Crippen molar-refractivity contribution >= 4 is 5.91 Å². The van der Waals surface area contributed by atoms with Crippen LogP contribution in [0.25, 0.3) is 5.69 Å². The molecule has 24 heavy (non-hydrogen) atoms. The largest absolute Gasteiger partial charge is 0.392 e. The number of nitrogens with zero attached hydrogens (tertiary/aromatic N) is 2. The topological polar surface area (TPSA) is 67.2 Å². The zero-order chi connectivity index (χ0) is 16.9. The molecule has 1 heterocycles. The standard InChI is InChI=1S/C18H16FN3O2/c19-16-7-6-13(10-14(16)12-23)11-20-18(24)15-4-1-2-5-17(15)22-9-3-8-21-22/h1-10,23H,11-12H2,(H,20,24). The second kappa shape index (κ2) is 7.06. The van der Waals surface area contributed by atoms with Crippen molar-refractivity contribution in [1.29, 1.82) is 0 Å². The maximum Gasteiger partial charge on any atom is 0.253 e. The van der Waals surface area contributed by atoms with Crippen LogP contribution in [0.3, 0.4) is 0 Å². The summed E-state index contributed by atoms with van der Waals surface area (Å²) >= 11 is 0. The number of nitrogens with one attached hydrogen (secondary N) is 1. The lowest BCUT2D eigenvalue weighted by Gasteiger charge is -2.11. The number of halogens is 1. The monoisotopic (exact) mass is 325 g/mol. The van der Waals surface area contributed by atoms with E-state index in [1.165, 1.54) is 12.1 Å². The molecule has 0 aliphatic heterocycles. The molecule has 2 N–H and O–H groups in total. The van der Waals surface area contributed by atoms with Crippen LogP contribution >= 0.6 is 0 Å². The zero-order valence-corrected chi connectivity index (χ0v) is 12.8. The third-order valence-corrected chi connectivity index (χ3v) is 3.63. The number of aliphatic hydroxyl groups is 1. The van der Waals surface area contributed by atoms with Crippen molar-refractivity contribution in [2.24, 2.45) is 0 Å². The van der Waals surface area contributed by atoms with E-state index in [0.29, 0.717) is 16.8 Å². The summed E-state index contributed by atoms with van der Waals surface area (Å²) in [6.07, 6.45) is 3.41. The fourth-order valence-corrected chi connectivity index (χ4v) is 2.41. The van der Waals surface area contributed by atoms with E-state index in [-0.39, 0.29) is 24.6 Å². The zero-order valence-electron chi connectivity index (χ0n) is 12.8. The Balaban J connectivity index is 1.77. The van der Waals surface area contributed by atoms with E-state index >= 15 is 0 Å². The van der Waals surface area contributed by atoms with Gasteiger partial charge >= 0.3 is 0 Å². The van der Waals surface area contributed by atoms with Gasteiger partial charge in [0.25, 0.3) is 5.91 Å². The second-order valence-electron chi connectivity index (χ2n) is 5.23. The molecule has 0 aliphatic rings. The SMILES string of the molecule is O=C(NCc1ccc(F)c(CO)c1)c1ccccc1-n1cccn1. The van der Waals surface area contributed by atoms with Crippen molar-refractivity contribution in [3.05, 3.63) is 83.4 Å². The summed E-state index contributed by atoms with van der Waals surface area (Å²) in [5.41, 5.74) is 2.09. The molecular formula is C18H16FN3O2. The van der Waals surface area contributed by atoms with Gasteiger partial charge in [-0.1, -0.05) is 18.2 Å². The van der Waals surface area contributed by atoms with Gasteiger partial charge in [-0.05, 0) is 35.9 Å². The number of hydrogen-bond acceptors (Lipinski definition) is 3. The van der Waals surface area contributed by atoms with Gasteiger partial charge in [-0.25, -0.2) is 9.07 Å². The van der Waals surface area contributed by atoms with Crippen LogP contribution in [0.4, 0.5) is 4.39 Å². The molecule has 3 aromatic rings. The predicted molar refractivity (Wildman–Crippen MR) is 87.1 cm³/mol. The molecule has 1 amide bonds. The number of carbonyl (C=O) groups excluding carboxylic acids is 1. The molecule has 0 bridgehead atoms. The summed E-state index contributed by atoms with van der Waals surface area (Å²) in [4.78, 5) is 12.5. The minimum Gasteiger partial charge on any atom is -0.392 e. The summed E-state index contributed by atoms with van der Waals surface area (Å²) in [5.74, 6) is -0.715. The van der Waals surface area contributed by atoms with Gasteiger partial charge in [0.2, 0.25) is 0 Å². The highest BCUT2D eigenvalue weighted by atomic mass is 19.1. The second-order valence-corrected chi connectivity index (χ2v) is 5.23. The van der Waals surface area contributed by atoms with E-state index in [4.69, 9.17) is 5.11 Å². The van der Waals surface area contributed by atoms with Crippen LogP contribution < -0.4 is 5.32 Å². The smallest absolute Gasteiger partial charge is 0.253 e. The molecule has 0 spiro atoms. The lowest BCUT2D eigenvalue weighted by molar-refractivity contribution is 0.0950. The average molecular weight is 325 g/mol. The van der Waals surface area contributed by atoms with Gasteiger partial charge < -0.3 is 10.4 Å². The highest BCUT2D eigenvalue weighted by Crippen LogP contribution is 2.14. The molecule has 3 rings (SSSR count). The van der Waals surface area contributed by atoms with E-state index in [0.717, 1.165) is 0 Å². The van der Waals surface area contributed by atoms with Crippen molar-refractivity contribution in [2.75, 3.05) is 0 Å². The fourth-order valence-electron chi connectivity index (χ4n) is 2.41. The van der Waals surface area contributed by atoms with E-state index in [9.17, 15) is 9.18 Å². The summed E-state index contributed by atoms with van der Waals surface area (Å²) in [7, 11) is 0. The highest BCUT2D eigenvalue weighted by Gasteiger charge is 2.12. The molecule has 0 saturated carbocycles. The van der Waals surface area contributed by atoms with Crippen molar-refractivity contribution in [1.82, 2.24) is 15.1 Å². The normalized spacial score (nSPS) is 10.6. The summed E-state index contributed by atoms with van der Waals surface area (Å²) in [6, 6.07) is 13.3. The average Bonchev–Trinajstić information content (AvgIpc) is 3.15. The van der Waals surface area contributed by atoms with Crippen LogP contribution in [0.15, 0.2) is 60.9 Å². The third-order valence-electron chi connectivity index (χ3n) is 3.63. The third kappa shape index (κ3) is 3.33. The quantitative estimate of drug-likeness (QED) is 0.757. The molecular weight excluding hydrogens is 309 g/mol. The summed E-state index contributed by atoms with van der Waals surface area (Å²) in [5, 5.41) is 16.1. The van der Waals surface area contributed by atoms with E-state index < -0.39 is 5.82 Å². The van der Waals surface area contributed by atoms with Gasteiger partial charge in [-0.15, -0.1) is 0 Å². The maximum atomic E-state index is 13.4. The van der Waals surface area contributed by atoms with Gasteiger partial charge in [-0.3, -0.25) is 4.79 Å². The number of hydrogen-bond donors (Lipinski definition) is 2. The molecule has 0 radical (unpaired) electrons. The Hall–Kier alpha value is -2.99. The predicted octanol–water partition coefficient (Wildman–Crippen LogP) is 2.43. The Morgan fingerprint density at radius 2 is 2.04 bits per heavy atom. The Morgan fingerprint density at radius 3 is 2.79 bits per heavy atom. The Kier molecular flexibility index (Phi) is 4.67. The van der Waals surface area contributed by atoms with E-state index in [1.807, 2.05) is 12.1 Å². The molecule has 0 atom stereocenters. The fraction of sp³-hybridized carbons (Fsp3) is 0.111. The molecule has 0 unspecified atom stereocenters. The number of benzene rings is 2. The van der Waals surface area contributed by atoms with Crippen LogP contribution in [0.5, 0.6) is 0 Å². The lowest BCUT2D eigenvalue weighted by atomic mass is 10.1. The van der Waals surface area contributed by atoms with Gasteiger partial charge in [0.05, 0.1) is 17.9 Å². The summed E-state index contributed by atoms with van der Waals surface area (Å²) in [6.45, 7) is -0.144. The minimum absolute atomic E-state index is 0.207. The van der Waals surface area contributed by atoms with Crippen molar-refractivity contribution < 1.29 is 14.3 Å². The molecule has 1 aromatic heterocycles. The molecule has 2 aromatic carbocycles. The van der Waals surface area contributed by atoms with Crippen LogP contribution in [0.2, 0.25) is 0 Å². The van der Waals surface area contributed by atoms with Gasteiger partial charge in [-0.2, -0.15) is 5.10 Å². The van der Waals surface area contributed by atoms with Crippen molar-refractivity contribution in [2.45, 2.75) is 13.2 Å². The van der Waals surface area contributed by atoms with Crippen molar-refractivity contribution in [3.8, 4) is 5.69 Å². The Bertz CT molecular complexity index is 847. The number of aliphatic hydroxyl groups excluding tert-OH is 1. The number of amides is 1. The lowest BCUT2D eigenvalue weighted by Crippen LogP contribution is -2.24. The number of aromatic nitrogens is 2. The van der Waals surface area contributed by atoms with Gasteiger partial charge in [0.1, 0.15) is 5.82 Å². The van der Waals surface area contributed by atoms with E-state index in [1.54, 1.807) is 41.3 Å². The molecule has 0 fully saturated rings. The van der Waals surface area contributed by atoms with Crippen LogP contribution in [-0.4, -0.2) is 20.8 Å². The molecule has 0 aliphatic carbocycles. The number of para-hydroxylation sites is 1. The van der Waals surface area contributed by atoms with E-state index in [2.05, 4.69) is 10.4 Å². The molecule has 5 nitrogen and oxygen atoms in total. The van der Waals surface area contributed by atoms with Crippen LogP contribution in [0.1, 0.15) is 21.5 Å².